The van der Waals surface area contributed by atoms with Gasteiger partial charge in [0.25, 0.3) is 0 Å². The number of esters is 1. The Balaban J connectivity index is 1.26. The third-order valence-corrected chi connectivity index (χ3v) is 8.87. The molecule has 2 fully saturated rings. The zero-order valence-corrected chi connectivity index (χ0v) is 25.2. The quantitative estimate of drug-likeness (QED) is 0.0962. The van der Waals surface area contributed by atoms with Gasteiger partial charge in [-0.25, -0.2) is 0 Å². The Labute approximate surface area is 235 Å². The van der Waals surface area contributed by atoms with Crippen LogP contribution in [0.3, 0.4) is 0 Å². The molecule has 0 heterocycles. The monoisotopic (exact) mass is 538 g/mol. The number of carbonyl (C=O) groups excluding carboxylic acids is 1. The molecule has 2 saturated carbocycles. The van der Waals surface area contributed by atoms with Crippen molar-refractivity contribution in [1.29, 1.82) is 0 Å². The van der Waals surface area contributed by atoms with Crippen LogP contribution in [0.5, 0.6) is 0 Å². The van der Waals surface area contributed by atoms with E-state index >= 15 is 0 Å². The fourth-order valence-corrected chi connectivity index (χ4v) is 6.30. The summed E-state index contributed by atoms with van der Waals surface area (Å²) in [5.41, 5.74) is 0. The maximum atomic E-state index is 11.8. The Hall–Kier alpha value is -0.650. The molecule has 5 heteroatoms. The summed E-state index contributed by atoms with van der Waals surface area (Å²) in [7, 11) is 0. The van der Waals surface area contributed by atoms with Crippen LogP contribution in [0.15, 0.2) is 0 Å². The highest BCUT2D eigenvalue weighted by molar-refractivity contribution is 5.69. The van der Waals surface area contributed by atoms with Crippen LogP contribution in [0, 0.1) is 17.8 Å². The van der Waals surface area contributed by atoms with Crippen LogP contribution in [-0.2, 0) is 23.7 Å². The summed E-state index contributed by atoms with van der Waals surface area (Å²) < 4.78 is 22.5. The second-order valence-electron chi connectivity index (χ2n) is 12.2. The maximum Gasteiger partial charge on any atom is 0.305 e. The fraction of sp³-hybridized carbons (Fsp3) is 0.970. The van der Waals surface area contributed by atoms with Crippen LogP contribution < -0.4 is 0 Å². The summed E-state index contributed by atoms with van der Waals surface area (Å²) in [5.74, 6) is 2.77. The Morgan fingerprint density at radius 1 is 0.579 bits per heavy atom. The van der Waals surface area contributed by atoms with Crippen molar-refractivity contribution < 1.29 is 23.7 Å². The van der Waals surface area contributed by atoms with Gasteiger partial charge >= 0.3 is 5.97 Å². The first kappa shape index (κ1) is 33.6. The third kappa shape index (κ3) is 17.1. The average molecular weight is 539 g/mol. The van der Waals surface area contributed by atoms with Gasteiger partial charge in [0.1, 0.15) is 6.61 Å². The average Bonchev–Trinajstić information content (AvgIpc) is 2.93. The largest absolute Gasteiger partial charge is 0.463 e. The van der Waals surface area contributed by atoms with E-state index in [1.54, 1.807) is 0 Å². The van der Waals surface area contributed by atoms with Gasteiger partial charge in [-0.15, -0.1) is 0 Å². The van der Waals surface area contributed by atoms with Gasteiger partial charge < -0.3 is 18.9 Å². The van der Waals surface area contributed by atoms with Crippen molar-refractivity contribution >= 4 is 5.97 Å². The summed E-state index contributed by atoms with van der Waals surface area (Å²) in [6, 6.07) is 0. The molecule has 0 bridgehead atoms. The molecule has 0 amide bonds. The molecule has 0 aromatic heterocycles. The van der Waals surface area contributed by atoms with Crippen molar-refractivity contribution in [2.24, 2.45) is 17.8 Å². The van der Waals surface area contributed by atoms with Crippen molar-refractivity contribution in [2.45, 2.75) is 148 Å². The first-order chi connectivity index (χ1) is 18.7. The summed E-state index contributed by atoms with van der Waals surface area (Å²) in [4.78, 5) is 11.8. The van der Waals surface area contributed by atoms with Gasteiger partial charge in [0.05, 0.1) is 39.1 Å². The van der Waals surface area contributed by atoms with Crippen LogP contribution in [-0.4, -0.2) is 51.7 Å². The van der Waals surface area contributed by atoms with E-state index in [4.69, 9.17) is 18.9 Å². The highest BCUT2D eigenvalue weighted by Crippen LogP contribution is 2.40. The predicted octanol–water partition coefficient (Wildman–Crippen LogP) is 8.67. The second kappa shape index (κ2) is 23.1. The number of hydrogen-bond donors (Lipinski definition) is 0. The molecule has 224 valence electrons. The number of hydrogen-bond acceptors (Lipinski definition) is 5. The molecule has 2 rings (SSSR count). The summed E-state index contributed by atoms with van der Waals surface area (Å²) >= 11 is 0. The van der Waals surface area contributed by atoms with Crippen LogP contribution >= 0.6 is 0 Å². The number of unbranched alkanes of at least 4 members (excludes halogenated alkanes) is 10. The highest BCUT2D eigenvalue weighted by Gasteiger charge is 2.30. The molecular weight excluding hydrogens is 476 g/mol. The molecule has 2 aliphatic rings. The fourth-order valence-electron chi connectivity index (χ4n) is 6.30. The predicted molar refractivity (Wildman–Crippen MR) is 156 cm³/mol. The van der Waals surface area contributed by atoms with Gasteiger partial charge in [0, 0.05) is 6.42 Å². The van der Waals surface area contributed by atoms with E-state index in [-0.39, 0.29) is 5.97 Å². The number of carbonyl (C=O) groups is 1. The topological polar surface area (TPSA) is 54.0 Å². The summed E-state index contributed by atoms with van der Waals surface area (Å²) in [5, 5.41) is 0. The first-order valence-electron chi connectivity index (χ1n) is 16.6. The van der Waals surface area contributed by atoms with Crippen molar-refractivity contribution in [3.05, 3.63) is 0 Å². The smallest absolute Gasteiger partial charge is 0.305 e. The zero-order valence-electron chi connectivity index (χ0n) is 25.2. The molecule has 2 aliphatic carbocycles. The zero-order chi connectivity index (χ0) is 27.1. The molecule has 0 aromatic carbocycles. The highest BCUT2D eigenvalue weighted by atomic mass is 16.6. The van der Waals surface area contributed by atoms with Gasteiger partial charge in [-0.1, -0.05) is 90.9 Å². The normalized spacial score (nSPS) is 23.9. The van der Waals surface area contributed by atoms with Crippen LogP contribution in [0.4, 0.5) is 0 Å². The van der Waals surface area contributed by atoms with E-state index in [1.165, 1.54) is 109 Å². The van der Waals surface area contributed by atoms with Crippen LogP contribution in [0.2, 0.25) is 0 Å². The number of ether oxygens (including phenoxy) is 4. The van der Waals surface area contributed by atoms with E-state index in [1.807, 2.05) is 0 Å². The molecule has 0 aliphatic heterocycles. The van der Waals surface area contributed by atoms with Crippen LogP contribution in [0.1, 0.15) is 142 Å². The third-order valence-electron chi connectivity index (χ3n) is 8.87. The summed E-state index contributed by atoms with van der Waals surface area (Å²) in [6.07, 6.45) is 26.1. The van der Waals surface area contributed by atoms with E-state index in [2.05, 4.69) is 13.8 Å². The lowest BCUT2D eigenvalue weighted by Crippen LogP contribution is -2.29. The molecule has 0 radical (unpaired) electrons. The first-order valence-corrected chi connectivity index (χ1v) is 16.6. The Morgan fingerprint density at radius 3 is 1.63 bits per heavy atom. The lowest BCUT2D eigenvalue weighted by molar-refractivity contribution is -0.145. The molecule has 0 atom stereocenters. The molecular formula is C33H62O5. The Kier molecular flexibility index (Phi) is 20.4. The van der Waals surface area contributed by atoms with Crippen molar-refractivity contribution in [3.63, 3.8) is 0 Å². The van der Waals surface area contributed by atoms with E-state index < -0.39 is 0 Å². The molecule has 0 unspecified atom stereocenters. The minimum absolute atomic E-state index is 0.0969. The van der Waals surface area contributed by atoms with Crippen LogP contribution in [0.25, 0.3) is 0 Å². The van der Waals surface area contributed by atoms with Gasteiger partial charge in [0.15, 0.2) is 0 Å². The molecule has 38 heavy (non-hydrogen) atoms. The lowest BCUT2D eigenvalue weighted by Gasteiger charge is -2.37. The van der Waals surface area contributed by atoms with Gasteiger partial charge in [-0.2, -0.15) is 0 Å². The number of rotatable bonds is 23. The Morgan fingerprint density at radius 2 is 1.05 bits per heavy atom. The molecule has 0 spiro atoms. The SMILES string of the molecule is CCCCCCCCCCCCCC(=O)OCCOCCOCCOC1CCC(C2CCC(C)CC2)CC1. The summed E-state index contributed by atoms with van der Waals surface area (Å²) in [6.45, 7) is 7.83. The van der Waals surface area contributed by atoms with Crippen molar-refractivity contribution in [3.8, 4) is 0 Å². The molecule has 0 saturated heterocycles. The van der Waals surface area contributed by atoms with Gasteiger partial charge in [-0.05, 0) is 62.7 Å². The Bertz CT molecular complexity index is 538. The molecule has 5 nitrogen and oxygen atoms in total. The standard InChI is InChI=1S/C33H62O5/c1-3-4-5-6-7-8-9-10-11-12-13-14-33(34)38-28-26-36-24-23-35-25-27-37-32-21-19-31(20-22-32)30-17-15-29(2)16-18-30/h29-32H,3-28H2,1-2H3. The second-order valence-corrected chi connectivity index (χ2v) is 12.2. The minimum Gasteiger partial charge on any atom is -0.463 e. The van der Waals surface area contributed by atoms with Crippen molar-refractivity contribution in [1.82, 2.24) is 0 Å². The maximum absolute atomic E-state index is 11.8. The van der Waals surface area contributed by atoms with E-state index in [0.29, 0.717) is 52.2 Å². The van der Waals surface area contributed by atoms with Crippen molar-refractivity contribution in [2.75, 3.05) is 39.6 Å². The van der Waals surface area contributed by atoms with E-state index in [0.717, 1.165) is 30.6 Å². The van der Waals surface area contributed by atoms with Gasteiger partial charge in [0.2, 0.25) is 0 Å². The van der Waals surface area contributed by atoms with E-state index in [9.17, 15) is 4.79 Å². The minimum atomic E-state index is -0.0969. The van der Waals surface area contributed by atoms with Gasteiger partial charge in [-0.3, -0.25) is 4.79 Å². The molecule has 0 aromatic rings. The molecule has 0 N–H and O–H groups in total. The lowest BCUT2D eigenvalue weighted by atomic mass is 9.71.